The molecule has 4 heteroatoms. The molecule has 0 spiro atoms. The van der Waals surface area contributed by atoms with Crippen molar-refractivity contribution in [3.05, 3.63) is 100 Å². The molecule has 0 radical (unpaired) electrons. The largest absolute Gasteiger partial charge is 0.497 e. The van der Waals surface area contributed by atoms with E-state index in [2.05, 4.69) is 0 Å². The van der Waals surface area contributed by atoms with Gasteiger partial charge in [0.1, 0.15) is 22.7 Å². The van der Waals surface area contributed by atoms with Crippen molar-refractivity contribution in [3.8, 4) is 17.1 Å². The minimum atomic E-state index is -0.379. The van der Waals surface area contributed by atoms with Crippen molar-refractivity contribution in [1.29, 1.82) is 0 Å². The molecule has 0 N–H and O–H groups in total. The standard InChI is InChI=1S/C23H16O4/c1-26-17-13-11-15(12-14-17)21(24)20-22(25)18-9-5-6-10-19(18)27-23(20)16-7-3-2-4-8-16/h2-14H,1H3. The molecule has 0 aliphatic carbocycles. The van der Waals surface area contributed by atoms with Crippen LogP contribution in [0.5, 0.6) is 5.75 Å². The van der Waals surface area contributed by atoms with Crippen LogP contribution in [0.4, 0.5) is 0 Å². The third kappa shape index (κ3) is 3.02. The normalized spacial score (nSPS) is 10.7. The van der Waals surface area contributed by atoms with Crippen LogP contribution in [0.2, 0.25) is 0 Å². The molecule has 0 aliphatic heterocycles. The highest BCUT2D eigenvalue weighted by atomic mass is 16.5. The third-order valence-corrected chi connectivity index (χ3v) is 4.41. The molecule has 1 aromatic heterocycles. The van der Waals surface area contributed by atoms with E-state index in [9.17, 15) is 9.59 Å². The molecule has 4 aromatic rings. The maximum absolute atomic E-state index is 13.2. The Morgan fingerprint density at radius 2 is 1.52 bits per heavy atom. The maximum atomic E-state index is 13.2. The Hall–Kier alpha value is -3.66. The predicted octanol–water partition coefficient (Wildman–Crippen LogP) is 4.70. The van der Waals surface area contributed by atoms with E-state index in [0.29, 0.717) is 27.8 Å². The van der Waals surface area contributed by atoms with Crippen molar-refractivity contribution in [2.24, 2.45) is 0 Å². The third-order valence-electron chi connectivity index (χ3n) is 4.41. The van der Waals surface area contributed by atoms with Gasteiger partial charge in [0.05, 0.1) is 12.5 Å². The first-order valence-electron chi connectivity index (χ1n) is 8.49. The van der Waals surface area contributed by atoms with Gasteiger partial charge in [0.2, 0.25) is 11.2 Å². The molecule has 3 aromatic carbocycles. The summed E-state index contributed by atoms with van der Waals surface area (Å²) in [4.78, 5) is 26.4. The van der Waals surface area contributed by atoms with E-state index in [-0.39, 0.29) is 22.5 Å². The summed E-state index contributed by atoms with van der Waals surface area (Å²) < 4.78 is 11.1. The predicted molar refractivity (Wildman–Crippen MR) is 104 cm³/mol. The Balaban J connectivity index is 1.98. The quantitative estimate of drug-likeness (QED) is 0.497. The number of hydrogen-bond acceptors (Lipinski definition) is 4. The van der Waals surface area contributed by atoms with Gasteiger partial charge in [-0.3, -0.25) is 9.59 Å². The van der Waals surface area contributed by atoms with E-state index in [0.717, 1.165) is 0 Å². The number of methoxy groups -OCH3 is 1. The first-order chi connectivity index (χ1) is 13.2. The van der Waals surface area contributed by atoms with E-state index in [1.165, 1.54) is 0 Å². The molecule has 0 bridgehead atoms. The Labute approximate surface area is 155 Å². The second-order valence-corrected chi connectivity index (χ2v) is 6.06. The number of rotatable bonds is 4. The van der Waals surface area contributed by atoms with Gasteiger partial charge in [-0.15, -0.1) is 0 Å². The van der Waals surface area contributed by atoms with Gasteiger partial charge < -0.3 is 9.15 Å². The van der Waals surface area contributed by atoms with Gasteiger partial charge in [-0.2, -0.15) is 0 Å². The van der Waals surface area contributed by atoms with E-state index in [1.54, 1.807) is 55.6 Å². The van der Waals surface area contributed by atoms with Crippen LogP contribution in [0.3, 0.4) is 0 Å². The van der Waals surface area contributed by atoms with Crippen molar-refractivity contribution < 1.29 is 13.9 Å². The molecular formula is C23H16O4. The zero-order valence-electron chi connectivity index (χ0n) is 14.6. The molecule has 27 heavy (non-hydrogen) atoms. The molecule has 0 unspecified atom stereocenters. The van der Waals surface area contributed by atoms with Crippen molar-refractivity contribution in [3.63, 3.8) is 0 Å². The molecular weight excluding hydrogens is 340 g/mol. The number of benzene rings is 3. The molecule has 0 saturated heterocycles. The van der Waals surface area contributed by atoms with Gasteiger partial charge in [-0.25, -0.2) is 0 Å². The van der Waals surface area contributed by atoms with Gasteiger partial charge in [0, 0.05) is 11.1 Å². The highest BCUT2D eigenvalue weighted by Gasteiger charge is 2.23. The number of hydrogen-bond donors (Lipinski definition) is 0. The summed E-state index contributed by atoms with van der Waals surface area (Å²) in [6.45, 7) is 0. The molecule has 4 rings (SSSR count). The second-order valence-electron chi connectivity index (χ2n) is 6.06. The average molecular weight is 356 g/mol. The molecule has 0 saturated carbocycles. The Morgan fingerprint density at radius 1 is 0.852 bits per heavy atom. The molecule has 132 valence electrons. The summed E-state index contributed by atoms with van der Waals surface area (Å²) in [5.41, 5.74) is 1.22. The number of fused-ring (bicyclic) bond motifs is 1. The van der Waals surface area contributed by atoms with Crippen molar-refractivity contribution in [2.75, 3.05) is 7.11 Å². The first-order valence-corrected chi connectivity index (χ1v) is 8.49. The minimum absolute atomic E-state index is 0.0325. The SMILES string of the molecule is COc1ccc(C(=O)c2c(-c3ccccc3)oc3ccccc3c2=O)cc1. The number of carbonyl (C=O) groups is 1. The van der Waals surface area contributed by atoms with Gasteiger partial charge in [0.15, 0.2) is 0 Å². The fourth-order valence-corrected chi connectivity index (χ4v) is 3.03. The van der Waals surface area contributed by atoms with Crippen molar-refractivity contribution in [1.82, 2.24) is 0 Å². The highest BCUT2D eigenvalue weighted by molar-refractivity contribution is 6.13. The fraction of sp³-hybridized carbons (Fsp3) is 0.0435. The number of para-hydroxylation sites is 1. The lowest BCUT2D eigenvalue weighted by Crippen LogP contribution is -2.18. The smallest absolute Gasteiger partial charge is 0.204 e. The van der Waals surface area contributed by atoms with Crippen LogP contribution in [0.1, 0.15) is 15.9 Å². The zero-order valence-corrected chi connectivity index (χ0v) is 14.6. The molecule has 1 heterocycles. The zero-order chi connectivity index (χ0) is 18.8. The lowest BCUT2D eigenvalue weighted by atomic mass is 9.97. The monoisotopic (exact) mass is 356 g/mol. The van der Waals surface area contributed by atoms with Crippen LogP contribution >= 0.6 is 0 Å². The molecule has 4 nitrogen and oxygen atoms in total. The van der Waals surface area contributed by atoms with Crippen molar-refractivity contribution >= 4 is 16.8 Å². The Bertz CT molecular complexity index is 1170. The summed E-state index contributed by atoms with van der Waals surface area (Å²) in [5.74, 6) is 0.538. The fourth-order valence-electron chi connectivity index (χ4n) is 3.03. The number of carbonyl (C=O) groups excluding carboxylic acids is 1. The minimum Gasteiger partial charge on any atom is -0.497 e. The van der Waals surface area contributed by atoms with Gasteiger partial charge >= 0.3 is 0 Å². The number of ketones is 1. The summed E-state index contributed by atoms with van der Waals surface area (Å²) in [7, 11) is 1.56. The average Bonchev–Trinajstić information content (AvgIpc) is 2.74. The van der Waals surface area contributed by atoms with Crippen LogP contribution in [0.25, 0.3) is 22.3 Å². The van der Waals surface area contributed by atoms with E-state index in [4.69, 9.17) is 9.15 Å². The summed E-state index contributed by atoms with van der Waals surface area (Å²) in [6.07, 6.45) is 0. The molecule has 0 aliphatic rings. The van der Waals surface area contributed by atoms with Gasteiger partial charge in [-0.1, -0.05) is 42.5 Å². The van der Waals surface area contributed by atoms with Crippen LogP contribution in [-0.2, 0) is 0 Å². The maximum Gasteiger partial charge on any atom is 0.204 e. The summed E-state index contributed by atoms with van der Waals surface area (Å²) >= 11 is 0. The highest BCUT2D eigenvalue weighted by Crippen LogP contribution is 2.27. The van der Waals surface area contributed by atoms with E-state index >= 15 is 0 Å². The molecule has 0 amide bonds. The second kappa shape index (κ2) is 6.92. The lowest BCUT2D eigenvalue weighted by Gasteiger charge is -2.10. The number of ether oxygens (including phenoxy) is 1. The topological polar surface area (TPSA) is 56.5 Å². The van der Waals surface area contributed by atoms with E-state index in [1.807, 2.05) is 30.3 Å². The van der Waals surface area contributed by atoms with Gasteiger partial charge in [-0.05, 0) is 36.4 Å². The van der Waals surface area contributed by atoms with Crippen LogP contribution in [0, 0.1) is 0 Å². The van der Waals surface area contributed by atoms with Crippen molar-refractivity contribution in [2.45, 2.75) is 0 Å². The van der Waals surface area contributed by atoms with Crippen LogP contribution < -0.4 is 10.2 Å². The van der Waals surface area contributed by atoms with Crippen LogP contribution in [0.15, 0.2) is 88.1 Å². The van der Waals surface area contributed by atoms with E-state index < -0.39 is 0 Å². The first kappa shape index (κ1) is 16.8. The van der Waals surface area contributed by atoms with Gasteiger partial charge in [0.25, 0.3) is 0 Å². The van der Waals surface area contributed by atoms with Crippen LogP contribution in [-0.4, -0.2) is 12.9 Å². The Kier molecular flexibility index (Phi) is 4.30. The summed E-state index contributed by atoms with van der Waals surface area (Å²) in [5, 5.41) is 0.383. The molecule has 0 atom stereocenters. The molecule has 0 fully saturated rings. The lowest BCUT2D eigenvalue weighted by molar-refractivity contribution is 0.103. The Morgan fingerprint density at radius 3 is 2.22 bits per heavy atom. The summed E-state index contributed by atoms with van der Waals surface area (Å²) in [6, 6.07) is 22.8.